The van der Waals surface area contributed by atoms with Crippen LogP contribution in [0, 0.1) is 17.2 Å². The second-order valence-electron chi connectivity index (χ2n) is 4.91. The number of nitrogens with zero attached hydrogens (tertiary/aromatic N) is 1. The summed E-state index contributed by atoms with van der Waals surface area (Å²) in [7, 11) is 0. The number of rotatable bonds is 2. The van der Waals surface area contributed by atoms with E-state index in [-0.39, 0.29) is 0 Å². The van der Waals surface area contributed by atoms with Gasteiger partial charge in [0.05, 0.1) is 10.6 Å². The molecule has 0 radical (unpaired) electrons. The minimum atomic E-state index is 0.523. The topological polar surface area (TPSA) is 35.8 Å². The molecule has 1 saturated carbocycles. The van der Waals surface area contributed by atoms with Crippen molar-refractivity contribution in [1.29, 1.82) is 5.26 Å². The van der Waals surface area contributed by atoms with Gasteiger partial charge in [-0.3, -0.25) is 0 Å². The average Bonchev–Trinajstić information content (AvgIpc) is 2.34. The van der Waals surface area contributed by atoms with Gasteiger partial charge in [0.25, 0.3) is 0 Å². The fraction of sp³-hybridized carbons (Fsp3) is 0.500. The first-order valence-corrected chi connectivity index (χ1v) is 6.53. The van der Waals surface area contributed by atoms with Crippen LogP contribution in [-0.4, -0.2) is 6.04 Å². The molecule has 17 heavy (non-hydrogen) atoms. The number of hydrogen-bond donors (Lipinski definition) is 1. The van der Waals surface area contributed by atoms with Crippen molar-refractivity contribution in [2.75, 3.05) is 5.32 Å². The predicted molar refractivity (Wildman–Crippen MR) is 71.2 cm³/mol. The van der Waals surface area contributed by atoms with E-state index in [1.54, 1.807) is 6.07 Å². The van der Waals surface area contributed by atoms with Crippen molar-refractivity contribution in [1.82, 2.24) is 0 Å². The molecule has 2 rings (SSSR count). The molecule has 0 heterocycles. The second-order valence-corrected chi connectivity index (χ2v) is 5.31. The van der Waals surface area contributed by atoms with Gasteiger partial charge in [-0.15, -0.1) is 0 Å². The summed E-state index contributed by atoms with van der Waals surface area (Å²) in [6.45, 7) is 2.31. The van der Waals surface area contributed by atoms with Crippen LogP contribution < -0.4 is 5.32 Å². The van der Waals surface area contributed by atoms with Gasteiger partial charge in [-0.1, -0.05) is 18.5 Å². The van der Waals surface area contributed by atoms with Crippen molar-refractivity contribution >= 4 is 17.3 Å². The summed E-state index contributed by atoms with van der Waals surface area (Å²) in [6, 6.07) is 8.21. The molecule has 0 spiro atoms. The van der Waals surface area contributed by atoms with E-state index in [0.29, 0.717) is 16.6 Å². The summed E-state index contributed by atoms with van der Waals surface area (Å²) in [5.41, 5.74) is 1.55. The highest BCUT2D eigenvalue weighted by Gasteiger charge is 2.17. The van der Waals surface area contributed by atoms with Gasteiger partial charge in [-0.05, 0) is 49.8 Å². The molecule has 1 N–H and O–H groups in total. The van der Waals surface area contributed by atoms with E-state index in [1.165, 1.54) is 25.7 Å². The molecule has 0 saturated heterocycles. The van der Waals surface area contributed by atoms with E-state index in [9.17, 15) is 0 Å². The molecule has 1 aliphatic carbocycles. The number of nitriles is 1. The minimum Gasteiger partial charge on any atom is -0.382 e. The van der Waals surface area contributed by atoms with Crippen LogP contribution in [0.3, 0.4) is 0 Å². The number of benzene rings is 1. The molecule has 0 amide bonds. The van der Waals surface area contributed by atoms with Crippen molar-refractivity contribution < 1.29 is 0 Å². The second kappa shape index (κ2) is 5.42. The fourth-order valence-electron chi connectivity index (χ4n) is 2.34. The number of anilines is 1. The first kappa shape index (κ1) is 12.3. The van der Waals surface area contributed by atoms with Crippen LogP contribution in [0.2, 0.25) is 5.02 Å². The molecule has 3 heteroatoms. The highest BCUT2D eigenvalue weighted by molar-refractivity contribution is 6.31. The highest BCUT2D eigenvalue weighted by Crippen LogP contribution is 2.27. The van der Waals surface area contributed by atoms with E-state index in [2.05, 4.69) is 18.3 Å². The van der Waals surface area contributed by atoms with Gasteiger partial charge in [-0.2, -0.15) is 5.26 Å². The van der Waals surface area contributed by atoms with Gasteiger partial charge in [0, 0.05) is 11.7 Å². The lowest BCUT2D eigenvalue weighted by Gasteiger charge is -2.27. The van der Waals surface area contributed by atoms with Gasteiger partial charge in [0.1, 0.15) is 6.07 Å². The van der Waals surface area contributed by atoms with E-state index in [0.717, 1.165) is 11.6 Å². The molecule has 0 aliphatic heterocycles. The molecule has 0 atom stereocenters. The fourth-order valence-corrected chi connectivity index (χ4v) is 2.50. The summed E-state index contributed by atoms with van der Waals surface area (Å²) in [5, 5.41) is 12.9. The van der Waals surface area contributed by atoms with Gasteiger partial charge >= 0.3 is 0 Å². The van der Waals surface area contributed by atoms with Crippen LogP contribution >= 0.6 is 11.6 Å². The maximum atomic E-state index is 8.92. The van der Waals surface area contributed by atoms with Crippen LogP contribution in [0.5, 0.6) is 0 Å². The molecule has 0 unspecified atom stereocenters. The maximum absolute atomic E-state index is 8.92. The molecule has 0 bridgehead atoms. The van der Waals surface area contributed by atoms with Gasteiger partial charge in [0.2, 0.25) is 0 Å². The minimum absolute atomic E-state index is 0.523. The lowest BCUT2D eigenvalue weighted by atomic mass is 9.87. The van der Waals surface area contributed by atoms with Crippen molar-refractivity contribution in [2.45, 2.75) is 38.6 Å². The predicted octanol–water partition coefficient (Wildman–Crippen LogP) is 4.20. The third-order valence-corrected chi connectivity index (χ3v) is 3.80. The van der Waals surface area contributed by atoms with E-state index >= 15 is 0 Å². The number of hydrogen-bond acceptors (Lipinski definition) is 2. The Morgan fingerprint density at radius 1 is 1.29 bits per heavy atom. The molecule has 1 aliphatic rings. The lowest BCUT2D eigenvalue weighted by molar-refractivity contribution is 0.361. The standard InChI is InChI=1S/C14H17ClN2/c1-10-2-4-12(5-3-10)17-13-6-7-14(15)11(8-13)9-16/h6-8,10,12,17H,2-5H2,1H3. The first-order valence-electron chi connectivity index (χ1n) is 6.15. The molecule has 1 aromatic rings. The monoisotopic (exact) mass is 248 g/mol. The van der Waals surface area contributed by atoms with Crippen molar-refractivity contribution in [3.63, 3.8) is 0 Å². The lowest BCUT2D eigenvalue weighted by Crippen LogP contribution is -2.25. The van der Waals surface area contributed by atoms with Gasteiger partial charge < -0.3 is 5.32 Å². The molecular formula is C14H17ClN2. The zero-order valence-corrected chi connectivity index (χ0v) is 10.8. The van der Waals surface area contributed by atoms with Crippen LogP contribution in [0.1, 0.15) is 38.2 Å². The van der Waals surface area contributed by atoms with Crippen LogP contribution in [0.15, 0.2) is 18.2 Å². The van der Waals surface area contributed by atoms with Gasteiger partial charge in [0.15, 0.2) is 0 Å². The maximum Gasteiger partial charge on any atom is 0.101 e. The summed E-state index contributed by atoms with van der Waals surface area (Å²) in [6.07, 6.45) is 5.00. The Morgan fingerprint density at radius 2 is 2.00 bits per heavy atom. The van der Waals surface area contributed by atoms with Crippen molar-refractivity contribution in [3.8, 4) is 6.07 Å². The summed E-state index contributed by atoms with van der Waals surface area (Å²) in [5.74, 6) is 0.855. The third-order valence-electron chi connectivity index (χ3n) is 3.47. The summed E-state index contributed by atoms with van der Waals surface area (Å²) >= 11 is 5.91. The Balaban J connectivity index is 2.02. The number of halogens is 1. The molecule has 90 valence electrons. The Hall–Kier alpha value is -1.20. The van der Waals surface area contributed by atoms with E-state index in [4.69, 9.17) is 16.9 Å². The Labute approximate surface area is 108 Å². The zero-order valence-electron chi connectivity index (χ0n) is 10.0. The van der Waals surface area contributed by atoms with Gasteiger partial charge in [-0.25, -0.2) is 0 Å². The highest BCUT2D eigenvalue weighted by atomic mass is 35.5. The third kappa shape index (κ3) is 3.14. The average molecular weight is 249 g/mol. The molecule has 1 fully saturated rings. The zero-order chi connectivity index (χ0) is 12.3. The van der Waals surface area contributed by atoms with Crippen LogP contribution in [0.25, 0.3) is 0 Å². The first-order chi connectivity index (χ1) is 8.19. The SMILES string of the molecule is CC1CCC(Nc2ccc(Cl)c(C#N)c2)CC1. The smallest absolute Gasteiger partial charge is 0.101 e. The quantitative estimate of drug-likeness (QED) is 0.851. The van der Waals surface area contributed by atoms with Crippen molar-refractivity contribution in [3.05, 3.63) is 28.8 Å². The number of nitrogens with one attached hydrogen (secondary N) is 1. The normalized spacial score (nSPS) is 24.1. The molecular weight excluding hydrogens is 232 g/mol. The molecule has 2 nitrogen and oxygen atoms in total. The van der Waals surface area contributed by atoms with Crippen LogP contribution in [-0.2, 0) is 0 Å². The van der Waals surface area contributed by atoms with Crippen molar-refractivity contribution in [2.24, 2.45) is 5.92 Å². The van der Waals surface area contributed by atoms with E-state index < -0.39 is 0 Å². The Kier molecular flexibility index (Phi) is 3.91. The summed E-state index contributed by atoms with van der Waals surface area (Å²) < 4.78 is 0. The molecule has 0 aromatic heterocycles. The summed E-state index contributed by atoms with van der Waals surface area (Å²) in [4.78, 5) is 0. The van der Waals surface area contributed by atoms with Crippen LogP contribution in [0.4, 0.5) is 5.69 Å². The molecule has 1 aromatic carbocycles. The Bertz CT molecular complexity index is 428. The van der Waals surface area contributed by atoms with E-state index in [1.807, 2.05) is 12.1 Å². The Morgan fingerprint density at radius 3 is 2.65 bits per heavy atom. The largest absolute Gasteiger partial charge is 0.382 e.